The summed E-state index contributed by atoms with van der Waals surface area (Å²) in [5.41, 5.74) is 2.75. The summed E-state index contributed by atoms with van der Waals surface area (Å²) in [5, 5.41) is 13.3. The largest absolute Gasteiger partial charge is 0.394 e. The summed E-state index contributed by atoms with van der Waals surface area (Å²) >= 11 is 0. The molecule has 4 heterocycles. The van der Waals surface area contributed by atoms with Crippen molar-refractivity contribution in [3.8, 4) is 0 Å². The minimum atomic E-state index is -0.169. The average Bonchev–Trinajstić information content (AvgIpc) is 3.35. The molecule has 9 nitrogen and oxygen atoms in total. The second-order valence-corrected chi connectivity index (χ2v) is 8.55. The van der Waals surface area contributed by atoms with E-state index in [2.05, 4.69) is 25.3 Å². The summed E-state index contributed by atoms with van der Waals surface area (Å²) in [5.74, 6) is 0.316. The van der Waals surface area contributed by atoms with E-state index in [1.165, 1.54) is 6.33 Å². The lowest BCUT2D eigenvalue weighted by atomic mass is 9.99. The Bertz CT molecular complexity index is 1330. The second-order valence-electron chi connectivity index (χ2n) is 8.55. The van der Waals surface area contributed by atoms with Crippen LogP contribution < -0.4 is 5.32 Å². The molecule has 0 saturated carbocycles. The molecular formula is C26H25N5O4. The quantitative estimate of drug-likeness (QED) is 0.335. The third-order valence-electron chi connectivity index (χ3n) is 6.16. The number of pyridine rings is 1. The molecule has 0 radical (unpaired) electrons. The fourth-order valence-electron chi connectivity index (χ4n) is 4.24. The van der Waals surface area contributed by atoms with Gasteiger partial charge in [0.2, 0.25) is 0 Å². The van der Waals surface area contributed by atoms with Crippen LogP contribution in [-0.2, 0) is 11.2 Å². The Morgan fingerprint density at radius 1 is 1.09 bits per heavy atom. The van der Waals surface area contributed by atoms with Crippen LogP contribution in [0.4, 0.5) is 5.82 Å². The molecular weight excluding hydrogens is 446 g/mol. The van der Waals surface area contributed by atoms with Crippen LogP contribution in [0.2, 0.25) is 0 Å². The molecule has 35 heavy (non-hydrogen) atoms. The first kappa shape index (κ1) is 22.8. The highest BCUT2D eigenvalue weighted by Gasteiger charge is 2.24. The van der Waals surface area contributed by atoms with Gasteiger partial charge in [0.05, 0.1) is 36.3 Å². The number of benzene rings is 1. The number of hydrogen-bond donors (Lipinski definition) is 3. The lowest BCUT2D eigenvalue weighted by molar-refractivity contribution is -0.0224. The Kier molecular flexibility index (Phi) is 6.60. The number of ketones is 2. The molecule has 5 rings (SSSR count). The lowest BCUT2D eigenvalue weighted by Gasteiger charge is -2.29. The first-order valence-electron chi connectivity index (χ1n) is 11.5. The van der Waals surface area contributed by atoms with Gasteiger partial charge in [-0.3, -0.25) is 14.6 Å². The number of aromatic amines is 1. The first-order chi connectivity index (χ1) is 17.1. The predicted octanol–water partition coefficient (Wildman–Crippen LogP) is 2.96. The number of hydrogen-bond acceptors (Lipinski definition) is 8. The number of ether oxygens (including phenoxy) is 1. The maximum atomic E-state index is 13.4. The van der Waals surface area contributed by atoms with E-state index in [9.17, 15) is 14.7 Å². The molecule has 0 spiro atoms. The van der Waals surface area contributed by atoms with Crippen molar-refractivity contribution in [3.63, 3.8) is 0 Å². The summed E-state index contributed by atoms with van der Waals surface area (Å²) in [7, 11) is 0. The van der Waals surface area contributed by atoms with Gasteiger partial charge in [-0.1, -0.05) is 30.3 Å². The van der Waals surface area contributed by atoms with Crippen LogP contribution in [0.25, 0.3) is 11.0 Å². The van der Waals surface area contributed by atoms with Gasteiger partial charge in [-0.2, -0.15) is 0 Å². The minimum Gasteiger partial charge on any atom is -0.394 e. The number of H-pyrrole nitrogens is 1. The highest BCUT2D eigenvalue weighted by Crippen LogP contribution is 2.27. The number of carbonyl (C=O) groups is 2. The molecule has 1 aliphatic heterocycles. The van der Waals surface area contributed by atoms with E-state index in [-0.39, 0.29) is 36.7 Å². The Balaban J connectivity index is 1.34. The number of rotatable bonds is 8. The molecule has 3 N–H and O–H groups in total. The molecule has 178 valence electrons. The van der Waals surface area contributed by atoms with Gasteiger partial charge in [0.1, 0.15) is 23.5 Å². The average molecular weight is 472 g/mol. The highest BCUT2D eigenvalue weighted by molar-refractivity contribution is 6.18. The Labute approximate surface area is 201 Å². The van der Waals surface area contributed by atoms with E-state index in [1.54, 1.807) is 54.9 Å². The third kappa shape index (κ3) is 4.96. The molecule has 9 heteroatoms. The Morgan fingerprint density at radius 3 is 2.66 bits per heavy atom. The molecule has 1 saturated heterocycles. The summed E-state index contributed by atoms with van der Waals surface area (Å²) in [6.07, 6.45) is 6.33. The van der Waals surface area contributed by atoms with Gasteiger partial charge < -0.3 is 20.1 Å². The zero-order valence-electron chi connectivity index (χ0n) is 19.0. The maximum absolute atomic E-state index is 13.4. The fourth-order valence-corrected chi connectivity index (χ4v) is 4.24. The Morgan fingerprint density at radius 2 is 1.94 bits per heavy atom. The molecule has 0 aliphatic carbocycles. The molecule has 2 atom stereocenters. The van der Waals surface area contributed by atoms with Gasteiger partial charge in [-0.05, 0) is 30.5 Å². The maximum Gasteiger partial charge on any atom is 0.195 e. The molecule has 0 amide bonds. The second kappa shape index (κ2) is 10.1. The van der Waals surface area contributed by atoms with Crippen LogP contribution in [0.15, 0.2) is 61.2 Å². The van der Waals surface area contributed by atoms with E-state index in [4.69, 9.17) is 4.74 Å². The molecule has 1 aliphatic rings. The molecule has 1 fully saturated rings. The molecule has 0 bridgehead atoms. The zero-order chi connectivity index (χ0) is 24.2. The number of nitrogens with one attached hydrogen (secondary N) is 2. The van der Waals surface area contributed by atoms with Crippen molar-refractivity contribution in [1.82, 2.24) is 19.9 Å². The van der Waals surface area contributed by atoms with Crippen molar-refractivity contribution in [2.24, 2.45) is 0 Å². The van der Waals surface area contributed by atoms with Crippen LogP contribution in [0, 0.1) is 0 Å². The number of fused-ring (bicyclic) bond motifs is 1. The van der Waals surface area contributed by atoms with Gasteiger partial charge in [0, 0.05) is 24.4 Å². The summed E-state index contributed by atoms with van der Waals surface area (Å²) in [6, 6.07) is 12.3. The number of aliphatic hydroxyl groups excluding tert-OH is 1. The van der Waals surface area contributed by atoms with Gasteiger partial charge in [0.15, 0.2) is 11.6 Å². The van der Waals surface area contributed by atoms with Crippen molar-refractivity contribution in [1.29, 1.82) is 0 Å². The van der Waals surface area contributed by atoms with Crippen molar-refractivity contribution in [2.45, 2.75) is 31.4 Å². The predicted molar refractivity (Wildman–Crippen MR) is 130 cm³/mol. The smallest absolute Gasteiger partial charge is 0.195 e. The van der Waals surface area contributed by atoms with Gasteiger partial charge in [-0.25, -0.2) is 9.97 Å². The fraction of sp³-hybridized carbons (Fsp3) is 0.269. The van der Waals surface area contributed by atoms with Gasteiger partial charge in [0.25, 0.3) is 0 Å². The number of Topliss-reactive ketones (excluding diaryl/α,β-unsaturated/α-hetero) is 1. The molecule has 4 aromatic rings. The van der Waals surface area contributed by atoms with Crippen molar-refractivity contribution < 1.29 is 19.4 Å². The summed E-state index contributed by atoms with van der Waals surface area (Å²) in [6.45, 7) is 0.458. The van der Waals surface area contributed by atoms with Crippen molar-refractivity contribution in [2.75, 3.05) is 18.5 Å². The van der Waals surface area contributed by atoms with Crippen LogP contribution in [-0.4, -0.2) is 62.0 Å². The number of aliphatic hydroxyl groups is 1. The van der Waals surface area contributed by atoms with E-state index >= 15 is 0 Å². The van der Waals surface area contributed by atoms with E-state index in [0.29, 0.717) is 40.3 Å². The van der Waals surface area contributed by atoms with Crippen LogP contribution in [0.5, 0.6) is 0 Å². The van der Waals surface area contributed by atoms with Gasteiger partial charge in [-0.15, -0.1) is 0 Å². The number of carbonyl (C=O) groups excluding carboxylic acids is 2. The monoisotopic (exact) mass is 471 g/mol. The SMILES string of the molecule is O=C(Cc1ccc(C(=O)c2c[nH]c3ncnc(N[C@@H]4CC[C@H](CO)OC4)c23)cc1)c1ccccn1. The van der Waals surface area contributed by atoms with Crippen LogP contribution in [0.1, 0.15) is 44.8 Å². The minimum absolute atomic E-state index is 0.0109. The summed E-state index contributed by atoms with van der Waals surface area (Å²) < 4.78 is 5.66. The normalized spacial score (nSPS) is 17.9. The van der Waals surface area contributed by atoms with E-state index in [0.717, 1.165) is 18.4 Å². The van der Waals surface area contributed by atoms with Crippen LogP contribution >= 0.6 is 0 Å². The standard InChI is InChI=1S/C26H25N5O4/c32-13-19-9-8-18(14-35-19)31-26-23-20(12-28-25(23)29-15-30-26)24(34)17-6-4-16(5-7-17)11-22(33)21-3-1-2-10-27-21/h1-7,10,12,15,18-19,32H,8-9,11,13-14H2,(H2,28,29,30,31)/t18-,19-/m1/s1. The number of anilines is 1. The third-order valence-corrected chi connectivity index (χ3v) is 6.16. The number of aromatic nitrogens is 4. The number of nitrogens with zero attached hydrogens (tertiary/aromatic N) is 3. The summed E-state index contributed by atoms with van der Waals surface area (Å²) in [4.78, 5) is 41.6. The molecule has 1 aromatic carbocycles. The molecule has 0 unspecified atom stereocenters. The lowest BCUT2D eigenvalue weighted by Crippen LogP contribution is -2.36. The highest BCUT2D eigenvalue weighted by atomic mass is 16.5. The van der Waals surface area contributed by atoms with E-state index in [1.807, 2.05) is 0 Å². The zero-order valence-corrected chi connectivity index (χ0v) is 19.0. The first-order valence-corrected chi connectivity index (χ1v) is 11.5. The Hall–Kier alpha value is -3.95. The van der Waals surface area contributed by atoms with Crippen molar-refractivity contribution in [3.05, 3.63) is 83.6 Å². The molecule has 3 aromatic heterocycles. The van der Waals surface area contributed by atoms with Crippen LogP contribution in [0.3, 0.4) is 0 Å². The van der Waals surface area contributed by atoms with E-state index < -0.39 is 0 Å². The van der Waals surface area contributed by atoms with Gasteiger partial charge >= 0.3 is 0 Å². The topological polar surface area (TPSA) is 130 Å². The van der Waals surface area contributed by atoms with Crippen molar-refractivity contribution >= 4 is 28.4 Å².